The van der Waals surface area contributed by atoms with Crippen LogP contribution in [0.25, 0.3) is 5.52 Å². The maximum absolute atomic E-state index is 12.7. The normalized spacial score (nSPS) is 20.7. The molecule has 2 fully saturated rings. The van der Waals surface area contributed by atoms with Crippen molar-refractivity contribution in [2.24, 2.45) is 0 Å². The molecule has 1 N–H and O–H groups in total. The summed E-state index contributed by atoms with van der Waals surface area (Å²) in [5.74, 6) is 0. The Morgan fingerprint density at radius 3 is 2.74 bits per heavy atom. The number of carbonyl (C=O) groups excluding carboxylic acids is 1. The van der Waals surface area contributed by atoms with Crippen LogP contribution in [0.4, 0.5) is 4.79 Å². The van der Waals surface area contributed by atoms with E-state index in [9.17, 15) is 4.79 Å². The van der Waals surface area contributed by atoms with Gasteiger partial charge in [0.1, 0.15) is 0 Å². The fraction of sp³-hybridized carbons (Fsp3) is 0.600. The Balaban J connectivity index is 1.33. The lowest BCUT2D eigenvalue weighted by atomic mass is 9.83. The fourth-order valence-electron chi connectivity index (χ4n) is 4.46. The first kappa shape index (κ1) is 18.3. The van der Waals surface area contributed by atoms with Crippen molar-refractivity contribution in [1.29, 1.82) is 0 Å². The van der Waals surface area contributed by atoms with Gasteiger partial charge in [-0.1, -0.05) is 13.0 Å². The smallest absolute Gasteiger partial charge is 0.317 e. The third kappa shape index (κ3) is 3.66. The van der Waals surface area contributed by atoms with Crippen molar-refractivity contribution in [1.82, 2.24) is 24.7 Å². The molecule has 2 aliphatic rings. The van der Waals surface area contributed by atoms with E-state index in [2.05, 4.69) is 22.2 Å². The Labute approximate surface area is 160 Å². The molecule has 0 bridgehead atoms. The second kappa shape index (κ2) is 7.86. The Bertz CT molecular complexity index is 776. The van der Waals surface area contributed by atoms with Crippen molar-refractivity contribution in [2.75, 3.05) is 39.4 Å². The predicted octanol–water partition coefficient (Wildman–Crippen LogP) is 2.12. The van der Waals surface area contributed by atoms with E-state index in [1.54, 1.807) is 0 Å². The van der Waals surface area contributed by atoms with Crippen molar-refractivity contribution in [3.05, 3.63) is 36.2 Å². The average Bonchev–Trinajstić information content (AvgIpc) is 3.16. The highest BCUT2D eigenvalue weighted by Gasteiger charge is 2.39. The first-order chi connectivity index (χ1) is 13.2. The molecule has 2 aromatic heterocycles. The number of urea groups is 1. The molecule has 0 aromatic carbocycles. The minimum absolute atomic E-state index is 0.0250. The number of nitrogens with zero attached hydrogens (tertiary/aromatic N) is 4. The molecule has 2 aromatic rings. The number of pyridine rings is 1. The number of amides is 2. The van der Waals surface area contributed by atoms with Crippen molar-refractivity contribution in [3.8, 4) is 0 Å². The molecule has 4 heterocycles. The van der Waals surface area contributed by atoms with Crippen molar-refractivity contribution in [3.63, 3.8) is 0 Å². The average molecular weight is 371 g/mol. The molecule has 0 unspecified atom stereocenters. The van der Waals surface area contributed by atoms with Gasteiger partial charge >= 0.3 is 6.03 Å². The zero-order valence-corrected chi connectivity index (χ0v) is 16.1. The molecule has 7 heteroatoms. The molecule has 0 aliphatic carbocycles. The van der Waals surface area contributed by atoms with E-state index in [-0.39, 0.29) is 11.6 Å². The van der Waals surface area contributed by atoms with Crippen LogP contribution in [0.3, 0.4) is 0 Å². The second-order valence-electron chi connectivity index (χ2n) is 7.52. The van der Waals surface area contributed by atoms with Gasteiger partial charge in [-0.2, -0.15) is 5.10 Å². The number of morpholine rings is 1. The van der Waals surface area contributed by atoms with Crippen LogP contribution in [0, 0.1) is 0 Å². The first-order valence-electron chi connectivity index (χ1n) is 9.99. The summed E-state index contributed by atoms with van der Waals surface area (Å²) >= 11 is 0. The molecule has 2 amide bonds. The minimum Gasteiger partial charge on any atom is -0.379 e. The van der Waals surface area contributed by atoms with E-state index in [0.29, 0.717) is 6.54 Å². The van der Waals surface area contributed by atoms with Crippen LogP contribution in [0.1, 0.15) is 31.7 Å². The van der Waals surface area contributed by atoms with E-state index in [0.717, 1.165) is 69.7 Å². The zero-order valence-electron chi connectivity index (χ0n) is 16.1. The molecular formula is C20H29N5O2. The van der Waals surface area contributed by atoms with Gasteiger partial charge in [-0.15, -0.1) is 0 Å². The summed E-state index contributed by atoms with van der Waals surface area (Å²) < 4.78 is 7.35. The number of aromatic nitrogens is 2. The minimum atomic E-state index is 0.0250. The number of hydrogen-bond donors (Lipinski definition) is 1. The number of ether oxygens (including phenoxy) is 1. The van der Waals surface area contributed by atoms with E-state index in [1.807, 2.05) is 40.0 Å². The van der Waals surface area contributed by atoms with Crippen LogP contribution < -0.4 is 5.32 Å². The number of fused-ring (bicyclic) bond motifs is 1. The highest BCUT2D eigenvalue weighted by Crippen LogP contribution is 2.32. The summed E-state index contributed by atoms with van der Waals surface area (Å²) in [5.41, 5.74) is 2.30. The van der Waals surface area contributed by atoms with Gasteiger partial charge in [-0.25, -0.2) is 9.31 Å². The van der Waals surface area contributed by atoms with E-state index < -0.39 is 0 Å². The monoisotopic (exact) mass is 371 g/mol. The SMILES string of the molecule is CCC1(N2CCOCC2)CCN(C(=O)NCc2cnn3ccccc23)CC1. The summed E-state index contributed by atoms with van der Waals surface area (Å²) in [6.07, 6.45) is 6.94. The molecule has 7 nitrogen and oxygen atoms in total. The first-order valence-corrected chi connectivity index (χ1v) is 9.99. The molecule has 0 radical (unpaired) electrons. The molecular weight excluding hydrogens is 342 g/mol. The van der Waals surface area contributed by atoms with Crippen LogP contribution in [0.2, 0.25) is 0 Å². The lowest BCUT2D eigenvalue weighted by molar-refractivity contribution is -0.0453. The van der Waals surface area contributed by atoms with Crippen molar-refractivity contribution in [2.45, 2.75) is 38.3 Å². The van der Waals surface area contributed by atoms with Crippen LogP contribution in [-0.4, -0.2) is 70.4 Å². The number of carbonyl (C=O) groups is 1. The van der Waals surface area contributed by atoms with Crippen LogP contribution >= 0.6 is 0 Å². The van der Waals surface area contributed by atoms with Crippen LogP contribution in [0.5, 0.6) is 0 Å². The fourth-order valence-corrected chi connectivity index (χ4v) is 4.46. The molecule has 0 spiro atoms. The van der Waals surface area contributed by atoms with Crippen molar-refractivity contribution < 1.29 is 9.53 Å². The number of hydrogen-bond acceptors (Lipinski definition) is 4. The van der Waals surface area contributed by atoms with Gasteiger partial charge in [-0.3, -0.25) is 4.90 Å². The second-order valence-corrected chi connectivity index (χ2v) is 7.52. The highest BCUT2D eigenvalue weighted by molar-refractivity contribution is 5.74. The lowest BCUT2D eigenvalue weighted by Crippen LogP contribution is -2.59. The van der Waals surface area contributed by atoms with Gasteiger partial charge in [0.05, 0.1) is 24.9 Å². The Morgan fingerprint density at radius 1 is 1.22 bits per heavy atom. The number of piperidine rings is 1. The van der Waals surface area contributed by atoms with Crippen molar-refractivity contribution >= 4 is 11.5 Å². The summed E-state index contributed by atoms with van der Waals surface area (Å²) in [5, 5.41) is 7.40. The Morgan fingerprint density at radius 2 is 2.00 bits per heavy atom. The van der Waals surface area contributed by atoms with Gasteiger partial charge in [0, 0.05) is 50.0 Å². The Hall–Kier alpha value is -2.12. The zero-order chi connectivity index (χ0) is 18.7. The highest BCUT2D eigenvalue weighted by atomic mass is 16.5. The number of nitrogens with one attached hydrogen (secondary N) is 1. The summed E-state index contributed by atoms with van der Waals surface area (Å²) in [7, 11) is 0. The largest absolute Gasteiger partial charge is 0.379 e. The van der Waals surface area contributed by atoms with Gasteiger partial charge in [0.2, 0.25) is 0 Å². The third-order valence-corrected chi connectivity index (χ3v) is 6.26. The molecule has 0 saturated carbocycles. The maximum Gasteiger partial charge on any atom is 0.317 e. The number of rotatable bonds is 4. The summed E-state index contributed by atoms with van der Waals surface area (Å²) in [6.45, 7) is 8.07. The van der Waals surface area contributed by atoms with E-state index in [4.69, 9.17) is 4.74 Å². The summed E-state index contributed by atoms with van der Waals surface area (Å²) in [6, 6.07) is 5.98. The summed E-state index contributed by atoms with van der Waals surface area (Å²) in [4.78, 5) is 17.2. The maximum atomic E-state index is 12.7. The third-order valence-electron chi connectivity index (χ3n) is 6.26. The standard InChI is InChI=1S/C20H29N5O2/c1-2-20(24-11-13-27-14-12-24)6-9-23(10-7-20)19(26)21-15-17-16-22-25-8-4-3-5-18(17)25/h3-5,8,16H,2,6-7,9-15H2,1H3,(H,21,26). The Kier molecular flexibility index (Phi) is 5.31. The molecule has 4 rings (SSSR count). The van der Waals surface area contributed by atoms with Gasteiger partial charge in [0.25, 0.3) is 0 Å². The molecule has 0 atom stereocenters. The van der Waals surface area contributed by atoms with Gasteiger partial charge < -0.3 is 15.0 Å². The van der Waals surface area contributed by atoms with Crippen LogP contribution in [-0.2, 0) is 11.3 Å². The molecule has 27 heavy (non-hydrogen) atoms. The van der Waals surface area contributed by atoms with E-state index in [1.165, 1.54) is 0 Å². The van der Waals surface area contributed by atoms with Gasteiger partial charge in [0.15, 0.2) is 0 Å². The van der Waals surface area contributed by atoms with E-state index >= 15 is 0 Å². The topological polar surface area (TPSA) is 62.1 Å². The van der Waals surface area contributed by atoms with Gasteiger partial charge in [-0.05, 0) is 31.4 Å². The molecule has 2 aliphatic heterocycles. The molecule has 2 saturated heterocycles. The lowest BCUT2D eigenvalue weighted by Gasteiger charge is -2.49. The van der Waals surface area contributed by atoms with Crippen LogP contribution in [0.15, 0.2) is 30.6 Å². The predicted molar refractivity (Wildman–Crippen MR) is 104 cm³/mol. The molecule has 146 valence electrons. The quantitative estimate of drug-likeness (QED) is 0.894. The number of likely N-dealkylation sites (tertiary alicyclic amines) is 1.